The maximum absolute atomic E-state index is 14.1. The van der Waals surface area contributed by atoms with E-state index in [9.17, 15) is 18.0 Å². The van der Waals surface area contributed by atoms with Gasteiger partial charge in [-0.25, -0.2) is 9.78 Å². The van der Waals surface area contributed by atoms with Gasteiger partial charge in [0.15, 0.2) is 0 Å². The lowest BCUT2D eigenvalue weighted by atomic mass is 10.1. The van der Waals surface area contributed by atoms with Gasteiger partial charge < -0.3 is 18.6 Å². The second-order valence-corrected chi connectivity index (χ2v) is 11.4. The van der Waals surface area contributed by atoms with Crippen molar-refractivity contribution in [2.75, 3.05) is 13.2 Å². The van der Waals surface area contributed by atoms with Crippen LogP contribution in [0.15, 0.2) is 59.6 Å². The summed E-state index contributed by atoms with van der Waals surface area (Å²) in [7, 11) is 0. The number of nitrogens with zero attached hydrogens (tertiary/aromatic N) is 5. The fourth-order valence-electron chi connectivity index (χ4n) is 5.13. The van der Waals surface area contributed by atoms with Crippen molar-refractivity contribution < 1.29 is 32.0 Å². The van der Waals surface area contributed by atoms with Crippen LogP contribution < -0.4 is 4.74 Å². The summed E-state index contributed by atoms with van der Waals surface area (Å²) < 4.78 is 60.8. The van der Waals surface area contributed by atoms with E-state index in [1.807, 2.05) is 28.8 Å². The molecule has 1 fully saturated rings. The smallest absolute Gasteiger partial charge is 0.419 e. The first-order valence-electron chi connectivity index (χ1n) is 14.2. The number of carbonyl (C=O) groups excluding carboxylic acids is 1. The molecule has 1 unspecified atom stereocenters. The molecule has 1 aliphatic heterocycles. The highest BCUT2D eigenvalue weighted by Gasteiger charge is 2.38. The minimum atomic E-state index is -4.67. The molecule has 0 N–H and O–H groups in total. The van der Waals surface area contributed by atoms with Crippen molar-refractivity contribution in [1.29, 1.82) is 0 Å². The Kier molecular flexibility index (Phi) is 8.48. The van der Waals surface area contributed by atoms with Crippen molar-refractivity contribution in [1.82, 2.24) is 24.6 Å². The lowest BCUT2D eigenvalue weighted by Crippen LogP contribution is -2.36. The van der Waals surface area contributed by atoms with Crippen LogP contribution in [0.25, 0.3) is 22.4 Å². The van der Waals surface area contributed by atoms with E-state index in [1.165, 1.54) is 17.0 Å². The number of aromatic nitrogens is 4. The fraction of sp³-hybridized carbons (Fsp3) is 0.419. The summed E-state index contributed by atoms with van der Waals surface area (Å²) in [6, 6.07) is 10.9. The Morgan fingerprint density at radius 1 is 1.16 bits per heavy atom. The largest absolute Gasteiger partial charge is 0.493 e. The zero-order chi connectivity index (χ0) is 30.8. The van der Waals surface area contributed by atoms with Gasteiger partial charge in [0, 0.05) is 25.1 Å². The number of carbonyl (C=O) groups is 1. The van der Waals surface area contributed by atoms with Crippen LogP contribution >= 0.6 is 0 Å². The van der Waals surface area contributed by atoms with Crippen molar-refractivity contribution in [2.45, 2.75) is 70.8 Å². The fourth-order valence-corrected chi connectivity index (χ4v) is 5.13. The number of imidazole rings is 1. The van der Waals surface area contributed by atoms with E-state index in [0.717, 1.165) is 22.9 Å². The Morgan fingerprint density at radius 2 is 1.95 bits per heavy atom. The maximum atomic E-state index is 14.1. The van der Waals surface area contributed by atoms with Gasteiger partial charge in [0.05, 0.1) is 23.2 Å². The number of rotatable bonds is 9. The molecular weight excluding hydrogens is 563 g/mol. The van der Waals surface area contributed by atoms with Gasteiger partial charge in [0.25, 0.3) is 0 Å². The first kappa shape index (κ1) is 30.1. The number of aryl methyl sites for hydroxylation is 1. The van der Waals surface area contributed by atoms with E-state index >= 15 is 0 Å². The number of hydrogen-bond acceptors (Lipinski definition) is 7. The first-order valence-corrected chi connectivity index (χ1v) is 14.2. The van der Waals surface area contributed by atoms with Gasteiger partial charge in [-0.15, -0.1) is 6.58 Å². The number of ether oxygens (including phenoxy) is 2. The predicted octanol–water partition coefficient (Wildman–Crippen LogP) is 7.37. The number of fused-ring (bicyclic) bond motifs is 1. The Hall–Kier alpha value is -4.35. The number of halogens is 3. The van der Waals surface area contributed by atoms with Crippen LogP contribution in [-0.2, 0) is 23.9 Å². The van der Waals surface area contributed by atoms with Crippen LogP contribution in [0.1, 0.15) is 63.4 Å². The number of amides is 1. The molecule has 0 spiro atoms. The van der Waals surface area contributed by atoms with Gasteiger partial charge in [-0.1, -0.05) is 23.4 Å². The van der Waals surface area contributed by atoms with Gasteiger partial charge in [0.2, 0.25) is 11.7 Å². The number of para-hydroxylation sites is 2. The average molecular weight is 598 g/mol. The standard InChI is InChI=1S/C31H34F3N5O4/c1-5-16-38-23-11-7-6-10-22(23)35-26(38)13-9-18-41-25-15-14-20(19-21(25)31(32,33)34)27-36-28(43-37-27)24-12-8-17-39(24)29(40)42-30(2,3)4/h5-7,10-11,14-15,19,24H,1,8-9,12-13,16-18H2,2-4H3. The summed E-state index contributed by atoms with van der Waals surface area (Å²) in [5, 5.41) is 3.91. The molecule has 0 saturated carbocycles. The summed E-state index contributed by atoms with van der Waals surface area (Å²) in [6.07, 6.45) is -1.13. The minimum absolute atomic E-state index is 0.00999. The van der Waals surface area contributed by atoms with Crippen molar-refractivity contribution in [3.8, 4) is 17.1 Å². The molecule has 1 atom stereocenters. The third kappa shape index (κ3) is 6.84. The van der Waals surface area contributed by atoms with Gasteiger partial charge in [0.1, 0.15) is 23.2 Å². The normalized spacial score (nSPS) is 15.7. The van der Waals surface area contributed by atoms with Crippen molar-refractivity contribution in [3.63, 3.8) is 0 Å². The van der Waals surface area contributed by atoms with Crippen LogP contribution in [0.2, 0.25) is 0 Å². The molecule has 1 amide bonds. The Labute approximate surface area is 247 Å². The zero-order valence-electron chi connectivity index (χ0n) is 24.4. The number of benzene rings is 2. The number of alkyl halides is 3. The summed E-state index contributed by atoms with van der Waals surface area (Å²) in [6.45, 7) is 10.2. The molecule has 12 heteroatoms. The van der Waals surface area contributed by atoms with E-state index in [4.69, 9.17) is 14.0 Å². The minimum Gasteiger partial charge on any atom is -0.493 e. The van der Waals surface area contributed by atoms with Crippen molar-refractivity contribution >= 4 is 17.1 Å². The lowest BCUT2D eigenvalue weighted by Gasteiger charge is -2.26. The monoisotopic (exact) mass is 597 g/mol. The van der Waals surface area contributed by atoms with Gasteiger partial charge in [-0.3, -0.25) is 4.90 Å². The molecule has 3 heterocycles. The van der Waals surface area contributed by atoms with E-state index in [1.54, 1.807) is 26.8 Å². The highest BCUT2D eigenvalue weighted by molar-refractivity contribution is 5.76. The lowest BCUT2D eigenvalue weighted by molar-refractivity contribution is -0.138. The topological polar surface area (TPSA) is 95.5 Å². The highest BCUT2D eigenvalue weighted by Crippen LogP contribution is 2.39. The maximum Gasteiger partial charge on any atom is 0.419 e. The summed E-state index contributed by atoms with van der Waals surface area (Å²) in [4.78, 5) is 23.2. The molecule has 9 nitrogen and oxygen atoms in total. The Bertz CT molecular complexity index is 1600. The third-order valence-corrected chi connectivity index (χ3v) is 7.00. The van der Waals surface area contributed by atoms with Gasteiger partial charge >= 0.3 is 12.3 Å². The zero-order valence-corrected chi connectivity index (χ0v) is 24.4. The van der Waals surface area contributed by atoms with Crippen LogP contribution in [0.5, 0.6) is 5.75 Å². The third-order valence-electron chi connectivity index (χ3n) is 7.00. The molecule has 43 heavy (non-hydrogen) atoms. The molecule has 228 valence electrons. The van der Waals surface area contributed by atoms with Gasteiger partial charge in [-0.05, 0) is 70.4 Å². The van der Waals surface area contributed by atoms with Crippen LogP contribution in [0, 0.1) is 0 Å². The number of likely N-dealkylation sites (tertiary alicyclic amines) is 1. The van der Waals surface area contributed by atoms with Crippen LogP contribution in [-0.4, -0.2) is 49.4 Å². The SMILES string of the molecule is C=CCn1c(CCCOc2ccc(-c3noc(C4CCCN4C(=O)OC(C)(C)C)n3)cc2C(F)(F)F)nc2ccccc21. The molecule has 0 bridgehead atoms. The summed E-state index contributed by atoms with van der Waals surface area (Å²) >= 11 is 0. The Balaban J connectivity index is 1.28. The van der Waals surface area contributed by atoms with Crippen LogP contribution in [0.4, 0.5) is 18.0 Å². The van der Waals surface area contributed by atoms with E-state index in [0.29, 0.717) is 38.8 Å². The van der Waals surface area contributed by atoms with Crippen molar-refractivity contribution in [2.24, 2.45) is 0 Å². The predicted molar refractivity (Wildman–Crippen MR) is 153 cm³/mol. The Morgan fingerprint density at radius 3 is 2.70 bits per heavy atom. The van der Waals surface area contributed by atoms with E-state index in [2.05, 4.69) is 21.7 Å². The molecule has 4 aromatic rings. The molecule has 0 radical (unpaired) electrons. The van der Waals surface area contributed by atoms with Crippen molar-refractivity contribution in [3.05, 3.63) is 72.4 Å². The molecular formula is C31H34F3N5O4. The van der Waals surface area contributed by atoms with Gasteiger partial charge in [-0.2, -0.15) is 18.2 Å². The van der Waals surface area contributed by atoms with E-state index in [-0.39, 0.29) is 29.6 Å². The average Bonchev–Trinajstić information content (AvgIpc) is 3.69. The van der Waals surface area contributed by atoms with Crippen LogP contribution in [0.3, 0.4) is 0 Å². The number of hydrogen-bond donors (Lipinski definition) is 0. The second-order valence-electron chi connectivity index (χ2n) is 11.4. The molecule has 0 aliphatic carbocycles. The molecule has 5 rings (SSSR count). The molecule has 1 aliphatic rings. The summed E-state index contributed by atoms with van der Waals surface area (Å²) in [5.41, 5.74) is 0.333. The summed E-state index contributed by atoms with van der Waals surface area (Å²) in [5.74, 6) is 0.668. The second kappa shape index (κ2) is 12.1. The molecule has 1 saturated heterocycles. The first-order chi connectivity index (χ1) is 20.4. The number of allylic oxidation sites excluding steroid dienone is 1. The molecule has 2 aromatic heterocycles. The van der Waals surface area contributed by atoms with E-state index < -0.39 is 29.5 Å². The highest BCUT2D eigenvalue weighted by atomic mass is 19.4. The quantitative estimate of drug-likeness (QED) is 0.147. The molecule has 2 aromatic carbocycles.